The molecule has 1 aliphatic heterocycles. The second-order valence-electron chi connectivity index (χ2n) is 4.92. The molecule has 1 saturated heterocycles. The molecule has 0 aliphatic carbocycles. The van der Waals surface area contributed by atoms with Crippen molar-refractivity contribution in [3.63, 3.8) is 0 Å². The van der Waals surface area contributed by atoms with Gasteiger partial charge >= 0.3 is 5.97 Å². The van der Waals surface area contributed by atoms with Gasteiger partial charge in [-0.25, -0.2) is 0 Å². The zero-order chi connectivity index (χ0) is 12.5. The number of halogens is 1. The minimum Gasteiger partial charge on any atom is -0.481 e. The van der Waals surface area contributed by atoms with Gasteiger partial charge in [-0.1, -0.05) is 36.7 Å². The molecule has 3 nitrogen and oxygen atoms in total. The van der Waals surface area contributed by atoms with Crippen molar-refractivity contribution in [2.24, 2.45) is 5.41 Å². The first-order valence-electron chi connectivity index (χ1n) is 5.57. The molecule has 1 heterocycles. The zero-order valence-electron chi connectivity index (χ0n) is 9.65. The molecule has 0 amide bonds. The van der Waals surface area contributed by atoms with Gasteiger partial charge in [-0.15, -0.1) is 0 Å². The van der Waals surface area contributed by atoms with Gasteiger partial charge in [-0.2, -0.15) is 0 Å². The summed E-state index contributed by atoms with van der Waals surface area (Å²) in [5.74, 6) is -1.39. The number of benzene rings is 1. The molecular formula is C13H15ClO3. The quantitative estimate of drug-likeness (QED) is 0.899. The predicted octanol–water partition coefficient (Wildman–Crippen LogP) is 2.93. The Hall–Kier alpha value is -1.06. The van der Waals surface area contributed by atoms with Crippen LogP contribution >= 0.6 is 11.6 Å². The van der Waals surface area contributed by atoms with Crippen molar-refractivity contribution < 1.29 is 14.6 Å². The Kier molecular flexibility index (Phi) is 3.40. The molecule has 1 atom stereocenters. The van der Waals surface area contributed by atoms with Crippen LogP contribution in [0.15, 0.2) is 24.3 Å². The normalized spacial score (nSPS) is 19.4. The van der Waals surface area contributed by atoms with E-state index >= 15 is 0 Å². The minimum absolute atomic E-state index is 0.0395. The van der Waals surface area contributed by atoms with Crippen LogP contribution in [-0.2, 0) is 9.53 Å². The lowest BCUT2D eigenvalue weighted by Crippen LogP contribution is -2.41. The highest BCUT2D eigenvalue weighted by molar-refractivity contribution is 6.31. The third kappa shape index (κ3) is 2.61. The molecule has 1 aromatic carbocycles. The van der Waals surface area contributed by atoms with Crippen LogP contribution in [0.5, 0.6) is 0 Å². The average molecular weight is 255 g/mol. The van der Waals surface area contributed by atoms with E-state index in [9.17, 15) is 9.90 Å². The van der Waals surface area contributed by atoms with Crippen LogP contribution in [0.25, 0.3) is 0 Å². The van der Waals surface area contributed by atoms with Crippen molar-refractivity contribution in [1.29, 1.82) is 0 Å². The van der Waals surface area contributed by atoms with E-state index in [4.69, 9.17) is 16.3 Å². The van der Waals surface area contributed by atoms with Gasteiger partial charge in [0, 0.05) is 10.4 Å². The average Bonchev–Trinajstić information content (AvgIpc) is 2.24. The number of ether oxygens (including phenoxy) is 1. The Morgan fingerprint density at radius 2 is 2.18 bits per heavy atom. The summed E-state index contributed by atoms with van der Waals surface area (Å²) in [5, 5.41) is 9.85. The number of rotatable bonds is 4. The van der Waals surface area contributed by atoms with Crippen LogP contribution in [0, 0.1) is 5.41 Å². The van der Waals surface area contributed by atoms with Crippen molar-refractivity contribution in [3.8, 4) is 0 Å². The van der Waals surface area contributed by atoms with Crippen molar-refractivity contribution in [3.05, 3.63) is 34.9 Å². The summed E-state index contributed by atoms with van der Waals surface area (Å²) in [6.07, 6.45) is 0.562. The van der Waals surface area contributed by atoms with E-state index in [-0.39, 0.29) is 5.41 Å². The van der Waals surface area contributed by atoms with Crippen LogP contribution in [0.2, 0.25) is 5.02 Å². The summed E-state index contributed by atoms with van der Waals surface area (Å²) in [5.41, 5.74) is 0.650. The summed E-state index contributed by atoms with van der Waals surface area (Å²) >= 11 is 6.06. The fraction of sp³-hybridized carbons (Fsp3) is 0.462. The van der Waals surface area contributed by atoms with Gasteiger partial charge in [-0.05, 0) is 18.1 Å². The third-order valence-electron chi connectivity index (χ3n) is 3.18. The number of carboxylic acids is 1. The van der Waals surface area contributed by atoms with Gasteiger partial charge in [0.1, 0.15) is 0 Å². The Morgan fingerprint density at radius 1 is 1.53 bits per heavy atom. The van der Waals surface area contributed by atoms with Crippen LogP contribution in [0.3, 0.4) is 0 Å². The molecule has 4 heteroatoms. The highest BCUT2D eigenvalue weighted by Gasteiger charge is 2.38. The lowest BCUT2D eigenvalue weighted by atomic mass is 9.77. The van der Waals surface area contributed by atoms with E-state index in [0.29, 0.717) is 30.2 Å². The lowest BCUT2D eigenvalue weighted by Gasteiger charge is -2.39. The topological polar surface area (TPSA) is 46.5 Å². The summed E-state index contributed by atoms with van der Waals surface area (Å²) in [4.78, 5) is 11.4. The van der Waals surface area contributed by atoms with E-state index in [2.05, 4.69) is 0 Å². The molecule has 1 fully saturated rings. The fourth-order valence-electron chi connectivity index (χ4n) is 2.15. The molecular weight excluding hydrogens is 240 g/mol. The van der Waals surface area contributed by atoms with Gasteiger partial charge in [0.2, 0.25) is 0 Å². The van der Waals surface area contributed by atoms with E-state index in [1.54, 1.807) is 18.2 Å². The largest absolute Gasteiger partial charge is 0.481 e. The molecule has 0 aromatic heterocycles. The Bertz CT molecular complexity index is 426. The van der Waals surface area contributed by atoms with E-state index in [1.807, 2.05) is 13.0 Å². The van der Waals surface area contributed by atoms with E-state index in [1.165, 1.54) is 0 Å². The highest BCUT2D eigenvalue weighted by atomic mass is 35.5. The van der Waals surface area contributed by atoms with Crippen LogP contribution < -0.4 is 0 Å². The first-order valence-corrected chi connectivity index (χ1v) is 5.95. The molecule has 1 N–H and O–H groups in total. The maximum Gasteiger partial charge on any atom is 0.311 e. The summed E-state index contributed by atoms with van der Waals surface area (Å²) in [7, 11) is 0. The van der Waals surface area contributed by atoms with Gasteiger partial charge < -0.3 is 9.84 Å². The van der Waals surface area contributed by atoms with Crippen LogP contribution in [-0.4, -0.2) is 24.3 Å². The van der Waals surface area contributed by atoms with Gasteiger partial charge in [0.15, 0.2) is 0 Å². The number of hydrogen-bond acceptors (Lipinski definition) is 2. The van der Waals surface area contributed by atoms with Crippen molar-refractivity contribution in [2.45, 2.75) is 19.3 Å². The maximum absolute atomic E-state index is 11.4. The number of carboxylic acid groups (broad SMARTS) is 1. The molecule has 1 unspecified atom stereocenters. The lowest BCUT2D eigenvalue weighted by molar-refractivity contribution is -0.145. The van der Waals surface area contributed by atoms with Crippen LogP contribution in [0.4, 0.5) is 0 Å². The highest BCUT2D eigenvalue weighted by Crippen LogP contribution is 2.39. The summed E-state index contributed by atoms with van der Waals surface area (Å²) in [6.45, 7) is 3.30. The number of hydrogen-bond donors (Lipinski definition) is 1. The van der Waals surface area contributed by atoms with Crippen LogP contribution in [0.1, 0.15) is 24.8 Å². The molecule has 92 valence electrons. The molecule has 0 spiro atoms. The molecule has 0 bridgehead atoms. The standard InChI is InChI=1S/C13H15ClO3/c1-13(7-17-8-13)6-10(12(15)16)9-4-2-3-5-11(9)14/h2-5,10H,6-8H2,1H3,(H,15,16). The second-order valence-corrected chi connectivity index (χ2v) is 5.33. The summed E-state index contributed by atoms with van der Waals surface area (Å²) in [6, 6.07) is 7.13. The van der Waals surface area contributed by atoms with E-state index < -0.39 is 11.9 Å². The molecule has 2 rings (SSSR count). The first-order chi connectivity index (χ1) is 8.02. The molecule has 1 aromatic rings. The molecule has 0 saturated carbocycles. The monoisotopic (exact) mass is 254 g/mol. The van der Waals surface area contributed by atoms with Crippen molar-refractivity contribution in [1.82, 2.24) is 0 Å². The number of carbonyl (C=O) groups is 1. The Balaban J connectivity index is 2.23. The number of aliphatic carboxylic acids is 1. The smallest absolute Gasteiger partial charge is 0.311 e. The first kappa shape index (κ1) is 12.4. The Labute approximate surface area is 105 Å². The SMILES string of the molecule is CC1(CC(C(=O)O)c2ccccc2Cl)COC1. The van der Waals surface area contributed by atoms with E-state index in [0.717, 1.165) is 0 Å². The predicted molar refractivity (Wildman–Crippen MR) is 65.4 cm³/mol. The molecule has 0 radical (unpaired) electrons. The Morgan fingerprint density at radius 3 is 2.65 bits per heavy atom. The second kappa shape index (κ2) is 4.67. The third-order valence-corrected chi connectivity index (χ3v) is 3.52. The fourth-order valence-corrected chi connectivity index (χ4v) is 2.42. The van der Waals surface area contributed by atoms with Gasteiger partial charge in [-0.3, -0.25) is 4.79 Å². The zero-order valence-corrected chi connectivity index (χ0v) is 10.4. The van der Waals surface area contributed by atoms with Crippen molar-refractivity contribution >= 4 is 17.6 Å². The minimum atomic E-state index is -0.828. The van der Waals surface area contributed by atoms with Gasteiger partial charge in [0.05, 0.1) is 19.1 Å². The molecule has 1 aliphatic rings. The maximum atomic E-state index is 11.4. The van der Waals surface area contributed by atoms with Crippen molar-refractivity contribution in [2.75, 3.05) is 13.2 Å². The molecule has 17 heavy (non-hydrogen) atoms. The van der Waals surface area contributed by atoms with Gasteiger partial charge in [0.25, 0.3) is 0 Å². The summed E-state index contributed by atoms with van der Waals surface area (Å²) < 4.78 is 5.16.